The first kappa shape index (κ1) is 22.7. The fraction of sp³-hybridized carbons (Fsp3) is 0.591. The van der Waals surface area contributed by atoms with Crippen molar-refractivity contribution < 1.29 is 14.3 Å². The summed E-state index contributed by atoms with van der Waals surface area (Å²) in [5.74, 6) is -0.121. The molecule has 0 aromatic heterocycles. The number of rotatable bonds is 6. The largest absolute Gasteiger partial charge is 0.444 e. The third-order valence-corrected chi connectivity index (χ3v) is 4.93. The number of piperidine rings is 1. The Kier molecular flexibility index (Phi) is 8.03. The third kappa shape index (κ3) is 7.39. The Labute approximate surface area is 173 Å². The maximum absolute atomic E-state index is 12.4. The number of likely N-dealkylation sites (tertiary alicyclic amines) is 1. The quantitative estimate of drug-likeness (QED) is 0.760. The maximum Gasteiger partial charge on any atom is 0.407 e. The number of para-hydroxylation sites is 1. The highest BCUT2D eigenvalue weighted by atomic mass is 16.6. The van der Waals surface area contributed by atoms with E-state index in [2.05, 4.69) is 21.6 Å². The number of nitrogens with one attached hydrogen (secondary N) is 2. The van der Waals surface area contributed by atoms with Gasteiger partial charge in [-0.1, -0.05) is 18.6 Å². The highest BCUT2D eigenvalue weighted by molar-refractivity contribution is 5.92. The summed E-state index contributed by atoms with van der Waals surface area (Å²) < 4.78 is 5.36. The number of hydrogen-bond acceptors (Lipinski definition) is 5. The second-order valence-corrected chi connectivity index (χ2v) is 8.49. The standard InChI is InChI=1S/C22H32N4O3/c1-16(24-21(28)29-22(2,3)4)19-11-7-8-13-26(19)14-12-20(27)25-18-10-6-5-9-17(18)15-23/h5-6,9-10,16,19H,7-8,11-14H2,1-4H3,(H,24,28)(H,25,27). The molecule has 1 heterocycles. The van der Waals surface area contributed by atoms with Gasteiger partial charge in [0.15, 0.2) is 0 Å². The van der Waals surface area contributed by atoms with Gasteiger partial charge in [0.05, 0.1) is 11.3 Å². The Bertz CT molecular complexity index is 751. The molecule has 0 radical (unpaired) electrons. The summed E-state index contributed by atoms with van der Waals surface area (Å²) in [5, 5.41) is 14.9. The lowest BCUT2D eigenvalue weighted by atomic mass is 9.96. The zero-order chi connectivity index (χ0) is 21.4. The van der Waals surface area contributed by atoms with Crippen LogP contribution in [-0.4, -0.2) is 47.7 Å². The Balaban J connectivity index is 1.90. The van der Waals surface area contributed by atoms with Crippen molar-refractivity contribution in [2.75, 3.05) is 18.4 Å². The third-order valence-electron chi connectivity index (χ3n) is 4.93. The van der Waals surface area contributed by atoms with Crippen LogP contribution in [0.2, 0.25) is 0 Å². The summed E-state index contributed by atoms with van der Waals surface area (Å²) >= 11 is 0. The summed E-state index contributed by atoms with van der Waals surface area (Å²) in [5.41, 5.74) is 0.454. The Morgan fingerprint density at radius 3 is 2.72 bits per heavy atom. The van der Waals surface area contributed by atoms with Crippen molar-refractivity contribution in [3.05, 3.63) is 29.8 Å². The second kappa shape index (κ2) is 10.3. The first-order chi connectivity index (χ1) is 13.7. The molecule has 0 spiro atoms. The number of alkyl carbamates (subject to hydrolysis) is 1. The van der Waals surface area contributed by atoms with E-state index in [1.54, 1.807) is 24.3 Å². The van der Waals surface area contributed by atoms with Gasteiger partial charge in [-0.05, 0) is 59.2 Å². The Hall–Kier alpha value is -2.59. The van der Waals surface area contributed by atoms with Gasteiger partial charge < -0.3 is 15.4 Å². The van der Waals surface area contributed by atoms with E-state index in [0.717, 1.165) is 25.8 Å². The molecule has 7 heteroatoms. The minimum Gasteiger partial charge on any atom is -0.444 e. The fourth-order valence-corrected chi connectivity index (χ4v) is 3.60. The van der Waals surface area contributed by atoms with Gasteiger partial charge in [0.2, 0.25) is 5.91 Å². The van der Waals surface area contributed by atoms with Crippen LogP contribution in [0, 0.1) is 11.3 Å². The number of anilines is 1. The predicted molar refractivity (Wildman–Crippen MR) is 112 cm³/mol. The normalized spacial score (nSPS) is 18.4. The number of carbonyl (C=O) groups excluding carboxylic acids is 2. The van der Waals surface area contributed by atoms with Crippen LogP contribution in [0.25, 0.3) is 0 Å². The maximum atomic E-state index is 12.4. The molecule has 2 rings (SSSR count). The minimum absolute atomic E-state index is 0.0764. The van der Waals surface area contributed by atoms with E-state index in [1.165, 1.54) is 0 Å². The van der Waals surface area contributed by atoms with Crippen molar-refractivity contribution >= 4 is 17.7 Å². The van der Waals surface area contributed by atoms with Gasteiger partial charge in [-0.15, -0.1) is 0 Å². The molecule has 1 aliphatic rings. The summed E-state index contributed by atoms with van der Waals surface area (Å²) in [4.78, 5) is 26.8. The first-order valence-corrected chi connectivity index (χ1v) is 10.2. The van der Waals surface area contributed by atoms with Gasteiger partial charge in [0.1, 0.15) is 11.7 Å². The monoisotopic (exact) mass is 400 g/mol. The molecule has 1 aromatic carbocycles. The van der Waals surface area contributed by atoms with E-state index in [4.69, 9.17) is 10.00 Å². The smallest absolute Gasteiger partial charge is 0.407 e. The molecule has 2 amide bonds. The van der Waals surface area contributed by atoms with Crippen LogP contribution in [0.5, 0.6) is 0 Å². The number of hydrogen-bond donors (Lipinski definition) is 2. The summed E-state index contributed by atoms with van der Waals surface area (Å²) in [7, 11) is 0. The number of ether oxygens (including phenoxy) is 1. The van der Waals surface area contributed by atoms with Gasteiger partial charge in [-0.25, -0.2) is 4.79 Å². The minimum atomic E-state index is -0.534. The van der Waals surface area contributed by atoms with Crippen LogP contribution >= 0.6 is 0 Å². The van der Waals surface area contributed by atoms with Crippen molar-refractivity contribution in [2.45, 2.75) is 71.1 Å². The molecule has 1 saturated heterocycles. The van der Waals surface area contributed by atoms with Gasteiger partial charge >= 0.3 is 6.09 Å². The molecular formula is C22H32N4O3. The SMILES string of the molecule is CC(NC(=O)OC(C)(C)C)C1CCCCN1CCC(=O)Nc1ccccc1C#N. The lowest BCUT2D eigenvalue weighted by Gasteiger charge is -2.39. The van der Waals surface area contributed by atoms with Crippen LogP contribution in [0.15, 0.2) is 24.3 Å². The summed E-state index contributed by atoms with van der Waals surface area (Å²) in [6.07, 6.45) is 3.06. The molecule has 2 N–H and O–H groups in total. The van der Waals surface area contributed by atoms with E-state index in [0.29, 0.717) is 24.2 Å². The molecule has 0 bridgehead atoms. The molecule has 2 unspecified atom stereocenters. The lowest BCUT2D eigenvalue weighted by molar-refractivity contribution is -0.116. The van der Waals surface area contributed by atoms with E-state index in [1.807, 2.05) is 27.7 Å². The molecular weight excluding hydrogens is 368 g/mol. The first-order valence-electron chi connectivity index (χ1n) is 10.2. The molecule has 0 saturated carbocycles. The van der Waals surface area contributed by atoms with Crippen LogP contribution < -0.4 is 10.6 Å². The molecule has 7 nitrogen and oxygen atoms in total. The van der Waals surface area contributed by atoms with Gasteiger partial charge in [-0.3, -0.25) is 9.69 Å². The van der Waals surface area contributed by atoms with Gasteiger partial charge in [0.25, 0.3) is 0 Å². The molecule has 0 aliphatic carbocycles. The highest BCUT2D eigenvalue weighted by Crippen LogP contribution is 2.21. The lowest BCUT2D eigenvalue weighted by Crippen LogP contribution is -2.53. The molecule has 29 heavy (non-hydrogen) atoms. The zero-order valence-electron chi connectivity index (χ0n) is 17.8. The van der Waals surface area contributed by atoms with Crippen molar-refractivity contribution in [3.8, 4) is 6.07 Å². The van der Waals surface area contributed by atoms with Crippen LogP contribution in [0.4, 0.5) is 10.5 Å². The van der Waals surface area contributed by atoms with Gasteiger partial charge in [0, 0.05) is 25.0 Å². The summed E-state index contributed by atoms with van der Waals surface area (Å²) in [6.45, 7) is 9.00. The van der Waals surface area contributed by atoms with Crippen molar-refractivity contribution in [3.63, 3.8) is 0 Å². The highest BCUT2D eigenvalue weighted by Gasteiger charge is 2.29. The van der Waals surface area contributed by atoms with E-state index in [-0.39, 0.29) is 18.0 Å². The van der Waals surface area contributed by atoms with Crippen LogP contribution in [0.1, 0.15) is 58.9 Å². The Morgan fingerprint density at radius 1 is 1.31 bits per heavy atom. The van der Waals surface area contributed by atoms with Crippen molar-refractivity contribution in [2.24, 2.45) is 0 Å². The fourth-order valence-electron chi connectivity index (χ4n) is 3.60. The zero-order valence-corrected chi connectivity index (χ0v) is 17.8. The van der Waals surface area contributed by atoms with E-state index >= 15 is 0 Å². The topological polar surface area (TPSA) is 94.5 Å². The number of nitriles is 1. The molecule has 158 valence electrons. The average Bonchev–Trinajstić information content (AvgIpc) is 2.65. The number of amides is 2. The number of nitrogens with zero attached hydrogens (tertiary/aromatic N) is 2. The Morgan fingerprint density at radius 2 is 2.03 bits per heavy atom. The number of carbonyl (C=O) groups is 2. The molecule has 2 atom stereocenters. The van der Waals surface area contributed by atoms with E-state index in [9.17, 15) is 9.59 Å². The van der Waals surface area contributed by atoms with Crippen molar-refractivity contribution in [1.29, 1.82) is 5.26 Å². The van der Waals surface area contributed by atoms with Gasteiger partial charge in [-0.2, -0.15) is 5.26 Å². The molecule has 1 fully saturated rings. The van der Waals surface area contributed by atoms with Crippen LogP contribution in [0.3, 0.4) is 0 Å². The van der Waals surface area contributed by atoms with Crippen LogP contribution in [-0.2, 0) is 9.53 Å². The van der Waals surface area contributed by atoms with E-state index < -0.39 is 11.7 Å². The second-order valence-electron chi connectivity index (χ2n) is 8.49. The number of benzene rings is 1. The summed E-state index contributed by atoms with van der Waals surface area (Å²) in [6, 6.07) is 9.14. The predicted octanol–water partition coefficient (Wildman–Crippen LogP) is 3.65. The molecule has 1 aliphatic heterocycles. The average molecular weight is 401 g/mol. The van der Waals surface area contributed by atoms with Crippen molar-refractivity contribution in [1.82, 2.24) is 10.2 Å². The molecule has 1 aromatic rings.